The first-order chi connectivity index (χ1) is 10.5. The van der Waals surface area contributed by atoms with Gasteiger partial charge in [-0.25, -0.2) is 4.79 Å². The molecule has 1 aliphatic rings. The number of carbonyl (C=O) groups excluding carboxylic acids is 2. The van der Waals surface area contributed by atoms with Crippen molar-refractivity contribution >= 4 is 11.8 Å². The van der Waals surface area contributed by atoms with Gasteiger partial charge in [-0.05, 0) is 38.5 Å². The van der Waals surface area contributed by atoms with E-state index in [2.05, 4.69) is 10.6 Å². The van der Waals surface area contributed by atoms with Gasteiger partial charge in [0.2, 0.25) is 0 Å². The minimum atomic E-state index is -0.503. The maximum absolute atomic E-state index is 11.9. The number of urea groups is 1. The van der Waals surface area contributed by atoms with Gasteiger partial charge in [0, 0.05) is 11.3 Å². The highest BCUT2D eigenvalue weighted by Crippen LogP contribution is 2.34. The van der Waals surface area contributed by atoms with Gasteiger partial charge in [-0.2, -0.15) is 0 Å². The molecule has 2 rings (SSSR count). The molecule has 1 aliphatic heterocycles. The topological polar surface area (TPSA) is 76.7 Å². The zero-order valence-corrected chi connectivity index (χ0v) is 13.1. The number of hydrogen-bond donors (Lipinski definition) is 2. The average molecular weight is 304 g/mol. The van der Waals surface area contributed by atoms with Gasteiger partial charge in [0.05, 0.1) is 19.8 Å². The zero-order valence-electron chi connectivity index (χ0n) is 13.1. The predicted molar refractivity (Wildman–Crippen MR) is 82.0 cm³/mol. The quantitative estimate of drug-likeness (QED) is 0.875. The fourth-order valence-electron chi connectivity index (χ4n) is 2.55. The molecule has 0 saturated heterocycles. The molecule has 1 heterocycles. The minimum absolute atomic E-state index is 0.0937. The van der Waals surface area contributed by atoms with Crippen LogP contribution in [0.15, 0.2) is 29.5 Å². The van der Waals surface area contributed by atoms with Gasteiger partial charge in [-0.1, -0.05) is 6.07 Å². The second kappa shape index (κ2) is 6.51. The van der Waals surface area contributed by atoms with Crippen molar-refractivity contribution in [2.24, 2.45) is 0 Å². The maximum Gasteiger partial charge on any atom is 0.319 e. The van der Waals surface area contributed by atoms with E-state index in [1.54, 1.807) is 26.2 Å². The molecule has 6 heteroatoms. The highest BCUT2D eigenvalue weighted by atomic mass is 16.5. The summed E-state index contributed by atoms with van der Waals surface area (Å²) >= 11 is 0. The molecule has 118 valence electrons. The van der Waals surface area contributed by atoms with Crippen LogP contribution < -0.4 is 20.1 Å². The van der Waals surface area contributed by atoms with E-state index in [0.717, 1.165) is 5.56 Å². The molecular formula is C16H20N2O4. The Bertz CT molecular complexity index is 637. The molecule has 0 bridgehead atoms. The molecule has 0 radical (unpaired) electrons. The van der Waals surface area contributed by atoms with Gasteiger partial charge in [0.1, 0.15) is 0 Å². The van der Waals surface area contributed by atoms with Crippen molar-refractivity contribution in [1.82, 2.24) is 10.6 Å². The van der Waals surface area contributed by atoms with E-state index in [0.29, 0.717) is 29.4 Å². The van der Waals surface area contributed by atoms with Crippen LogP contribution >= 0.6 is 0 Å². The Morgan fingerprint density at radius 2 is 2.05 bits per heavy atom. The first kappa shape index (κ1) is 15.9. The highest BCUT2D eigenvalue weighted by Gasteiger charge is 2.29. The van der Waals surface area contributed by atoms with Crippen LogP contribution in [-0.2, 0) is 4.79 Å². The lowest BCUT2D eigenvalue weighted by molar-refractivity contribution is -0.114. The van der Waals surface area contributed by atoms with Crippen molar-refractivity contribution in [2.45, 2.75) is 26.8 Å². The Kier molecular flexibility index (Phi) is 4.70. The van der Waals surface area contributed by atoms with Crippen molar-refractivity contribution < 1.29 is 19.1 Å². The molecule has 6 nitrogen and oxygen atoms in total. The normalized spacial score (nSPS) is 17.6. The second-order valence-electron chi connectivity index (χ2n) is 4.97. The summed E-state index contributed by atoms with van der Waals surface area (Å²) in [4.78, 5) is 23.7. The first-order valence-electron chi connectivity index (χ1n) is 7.07. The van der Waals surface area contributed by atoms with E-state index in [-0.39, 0.29) is 11.8 Å². The van der Waals surface area contributed by atoms with Crippen LogP contribution in [0.2, 0.25) is 0 Å². The lowest BCUT2D eigenvalue weighted by Gasteiger charge is -2.28. The Labute approximate surface area is 129 Å². The maximum atomic E-state index is 11.9. The van der Waals surface area contributed by atoms with E-state index in [9.17, 15) is 9.59 Å². The van der Waals surface area contributed by atoms with Gasteiger partial charge in [0.15, 0.2) is 17.3 Å². The summed E-state index contributed by atoms with van der Waals surface area (Å²) in [6, 6.07) is 4.53. The van der Waals surface area contributed by atoms with Gasteiger partial charge in [0.25, 0.3) is 0 Å². The van der Waals surface area contributed by atoms with Crippen molar-refractivity contribution in [3.63, 3.8) is 0 Å². The SMILES string of the molecule is CCOc1cc(C2NC(=O)NC(C)=C2C(C)=O)ccc1OC. The van der Waals surface area contributed by atoms with Crippen LogP contribution in [-0.4, -0.2) is 25.5 Å². The molecule has 0 aliphatic carbocycles. The van der Waals surface area contributed by atoms with E-state index >= 15 is 0 Å². The number of ether oxygens (including phenoxy) is 2. The van der Waals surface area contributed by atoms with Crippen LogP contribution in [0.3, 0.4) is 0 Å². The summed E-state index contributed by atoms with van der Waals surface area (Å²) in [6.45, 7) is 5.57. The number of allylic oxidation sites excluding steroid dienone is 1. The summed E-state index contributed by atoms with van der Waals surface area (Å²) in [5, 5.41) is 5.40. The number of methoxy groups -OCH3 is 1. The van der Waals surface area contributed by atoms with Crippen LogP contribution in [0.4, 0.5) is 4.79 Å². The monoisotopic (exact) mass is 304 g/mol. The Hall–Kier alpha value is -2.50. The van der Waals surface area contributed by atoms with Crippen molar-refractivity contribution in [1.29, 1.82) is 0 Å². The third kappa shape index (κ3) is 3.05. The van der Waals surface area contributed by atoms with Crippen LogP contribution in [0.25, 0.3) is 0 Å². The van der Waals surface area contributed by atoms with Crippen LogP contribution in [0.1, 0.15) is 32.4 Å². The first-order valence-corrected chi connectivity index (χ1v) is 7.07. The molecule has 0 fully saturated rings. The van der Waals surface area contributed by atoms with E-state index in [1.165, 1.54) is 6.92 Å². The molecule has 1 unspecified atom stereocenters. The molecule has 1 aromatic carbocycles. The summed E-state index contributed by atoms with van der Waals surface area (Å²) in [5.74, 6) is 1.09. The number of amides is 2. The van der Waals surface area contributed by atoms with Gasteiger partial charge < -0.3 is 20.1 Å². The predicted octanol–water partition coefficient (Wildman–Crippen LogP) is 2.31. The number of rotatable bonds is 5. The third-order valence-electron chi connectivity index (χ3n) is 3.47. The van der Waals surface area contributed by atoms with Gasteiger partial charge in [-0.3, -0.25) is 4.79 Å². The standard InChI is InChI=1S/C16H20N2O4/c1-5-22-13-8-11(6-7-12(13)21-4)15-14(10(3)19)9(2)17-16(20)18-15/h6-8,15H,5H2,1-4H3,(H2,17,18,20). The van der Waals surface area contributed by atoms with Gasteiger partial charge in [-0.15, -0.1) is 0 Å². The summed E-state index contributed by atoms with van der Waals surface area (Å²) in [6.07, 6.45) is 0. The lowest BCUT2D eigenvalue weighted by atomic mass is 9.93. The fourth-order valence-corrected chi connectivity index (χ4v) is 2.55. The molecule has 1 aromatic rings. The van der Waals surface area contributed by atoms with Crippen LogP contribution in [0, 0.1) is 0 Å². The zero-order chi connectivity index (χ0) is 16.3. The number of Topliss-reactive ketones (excluding diaryl/α,β-unsaturated/α-hetero) is 1. The summed E-state index contributed by atoms with van der Waals surface area (Å²) in [5.41, 5.74) is 1.87. The van der Waals surface area contributed by atoms with E-state index < -0.39 is 6.04 Å². The van der Waals surface area contributed by atoms with Crippen LogP contribution in [0.5, 0.6) is 11.5 Å². The molecule has 0 spiro atoms. The minimum Gasteiger partial charge on any atom is -0.493 e. The Balaban J connectivity index is 2.49. The Morgan fingerprint density at radius 3 is 2.64 bits per heavy atom. The number of benzene rings is 1. The number of ketones is 1. The van der Waals surface area contributed by atoms with Crippen molar-refractivity contribution in [3.8, 4) is 11.5 Å². The average Bonchev–Trinajstić information content (AvgIpc) is 2.46. The molecule has 0 aromatic heterocycles. The highest BCUT2D eigenvalue weighted by molar-refractivity contribution is 5.98. The molecule has 22 heavy (non-hydrogen) atoms. The molecule has 2 amide bonds. The van der Waals surface area contributed by atoms with E-state index in [4.69, 9.17) is 9.47 Å². The third-order valence-corrected chi connectivity index (χ3v) is 3.47. The van der Waals surface area contributed by atoms with E-state index in [1.807, 2.05) is 13.0 Å². The molecule has 1 atom stereocenters. The summed E-state index contributed by atoms with van der Waals surface area (Å²) < 4.78 is 10.8. The molecule has 2 N–H and O–H groups in total. The lowest BCUT2D eigenvalue weighted by Crippen LogP contribution is -2.44. The largest absolute Gasteiger partial charge is 0.493 e. The number of carbonyl (C=O) groups is 2. The smallest absolute Gasteiger partial charge is 0.319 e. The number of nitrogens with one attached hydrogen (secondary N) is 2. The summed E-state index contributed by atoms with van der Waals surface area (Å²) in [7, 11) is 1.56. The second-order valence-corrected chi connectivity index (χ2v) is 4.97. The Morgan fingerprint density at radius 1 is 1.32 bits per heavy atom. The molecular weight excluding hydrogens is 284 g/mol. The van der Waals surface area contributed by atoms with Crippen molar-refractivity contribution in [3.05, 3.63) is 35.0 Å². The fraction of sp³-hybridized carbons (Fsp3) is 0.375. The molecule has 0 saturated carbocycles. The number of hydrogen-bond acceptors (Lipinski definition) is 4. The van der Waals surface area contributed by atoms with Gasteiger partial charge >= 0.3 is 6.03 Å². The van der Waals surface area contributed by atoms with Crippen molar-refractivity contribution in [2.75, 3.05) is 13.7 Å².